The van der Waals surface area contributed by atoms with Gasteiger partial charge in [-0.1, -0.05) is 13.0 Å². The molecule has 2 unspecified atom stereocenters. The van der Waals surface area contributed by atoms with Gasteiger partial charge in [-0.15, -0.1) is 0 Å². The Kier molecular flexibility index (Phi) is 4.38. The first-order valence-electron chi connectivity index (χ1n) is 6.17. The molecular formula is C13H21NO4. The van der Waals surface area contributed by atoms with Crippen molar-refractivity contribution in [1.82, 2.24) is 4.90 Å². The number of nitrogens with zero attached hydrogens (tertiary/aromatic N) is 1. The number of carbonyl (C=O) groups excluding carboxylic acids is 1. The molecule has 2 atom stereocenters. The van der Waals surface area contributed by atoms with Gasteiger partial charge in [-0.05, 0) is 33.6 Å². The number of carboxylic acid groups (broad SMARTS) is 1. The van der Waals surface area contributed by atoms with E-state index in [1.165, 1.54) is 11.1 Å². The minimum Gasteiger partial charge on any atom is -0.481 e. The maximum atomic E-state index is 12.0. The molecule has 5 nitrogen and oxygen atoms in total. The first-order valence-corrected chi connectivity index (χ1v) is 6.17. The molecule has 1 aliphatic rings. The molecule has 1 amide bonds. The van der Waals surface area contributed by atoms with Crippen molar-refractivity contribution in [2.45, 2.75) is 52.2 Å². The van der Waals surface area contributed by atoms with E-state index in [2.05, 4.69) is 0 Å². The molecule has 1 heterocycles. The average Bonchev–Trinajstić information content (AvgIpc) is 2.25. The van der Waals surface area contributed by atoms with Crippen LogP contribution in [-0.4, -0.2) is 33.7 Å². The van der Waals surface area contributed by atoms with Crippen LogP contribution in [-0.2, 0) is 9.53 Å². The molecule has 0 aromatic rings. The molecule has 0 bridgehead atoms. The van der Waals surface area contributed by atoms with Crippen molar-refractivity contribution < 1.29 is 19.4 Å². The van der Waals surface area contributed by atoms with Gasteiger partial charge in [0.1, 0.15) is 5.60 Å². The van der Waals surface area contributed by atoms with Crippen molar-refractivity contribution >= 4 is 12.1 Å². The van der Waals surface area contributed by atoms with Crippen LogP contribution in [0.2, 0.25) is 0 Å². The summed E-state index contributed by atoms with van der Waals surface area (Å²) in [6.45, 7) is 7.35. The Morgan fingerprint density at radius 2 is 2.06 bits per heavy atom. The van der Waals surface area contributed by atoms with Gasteiger partial charge < -0.3 is 9.84 Å². The largest absolute Gasteiger partial charge is 0.481 e. The molecule has 0 aliphatic carbocycles. The zero-order valence-corrected chi connectivity index (χ0v) is 11.3. The molecule has 1 aliphatic heterocycles. The van der Waals surface area contributed by atoms with E-state index < -0.39 is 23.6 Å². The van der Waals surface area contributed by atoms with Gasteiger partial charge in [-0.3, -0.25) is 9.69 Å². The predicted octanol–water partition coefficient (Wildman–Crippen LogP) is 2.62. The topological polar surface area (TPSA) is 66.8 Å². The zero-order valence-electron chi connectivity index (χ0n) is 11.3. The van der Waals surface area contributed by atoms with Gasteiger partial charge in [-0.2, -0.15) is 0 Å². The van der Waals surface area contributed by atoms with Gasteiger partial charge in [0.15, 0.2) is 0 Å². The highest BCUT2D eigenvalue weighted by Crippen LogP contribution is 2.24. The third-order valence-electron chi connectivity index (χ3n) is 2.79. The van der Waals surface area contributed by atoms with Crippen LogP contribution in [0.25, 0.3) is 0 Å². The number of carbonyl (C=O) groups is 2. The van der Waals surface area contributed by atoms with E-state index in [1.54, 1.807) is 26.8 Å². The third kappa shape index (κ3) is 3.75. The summed E-state index contributed by atoms with van der Waals surface area (Å²) < 4.78 is 5.29. The summed E-state index contributed by atoms with van der Waals surface area (Å²) in [6, 6.07) is -0.119. The zero-order chi connectivity index (χ0) is 13.9. The lowest BCUT2D eigenvalue weighted by Crippen LogP contribution is -2.43. The van der Waals surface area contributed by atoms with E-state index in [-0.39, 0.29) is 6.04 Å². The summed E-state index contributed by atoms with van der Waals surface area (Å²) in [5.74, 6) is -1.37. The van der Waals surface area contributed by atoms with E-state index in [9.17, 15) is 9.59 Å². The Hall–Kier alpha value is -1.52. The van der Waals surface area contributed by atoms with Gasteiger partial charge in [-0.25, -0.2) is 4.79 Å². The smallest absolute Gasteiger partial charge is 0.414 e. The van der Waals surface area contributed by atoms with Crippen molar-refractivity contribution in [3.05, 3.63) is 12.3 Å². The lowest BCUT2D eigenvalue weighted by Gasteiger charge is -2.34. The number of hydrogen-bond acceptors (Lipinski definition) is 3. The van der Waals surface area contributed by atoms with E-state index >= 15 is 0 Å². The highest BCUT2D eigenvalue weighted by atomic mass is 16.6. The maximum Gasteiger partial charge on any atom is 0.414 e. The van der Waals surface area contributed by atoms with E-state index in [0.29, 0.717) is 12.8 Å². The molecule has 102 valence electrons. The summed E-state index contributed by atoms with van der Waals surface area (Å²) >= 11 is 0. The Bertz CT molecular complexity index is 356. The molecular weight excluding hydrogens is 234 g/mol. The fourth-order valence-corrected chi connectivity index (χ4v) is 1.87. The molecule has 1 rings (SSSR count). The first-order chi connectivity index (χ1) is 8.24. The number of carboxylic acids is 1. The fraction of sp³-hybridized carbons (Fsp3) is 0.692. The second-order valence-corrected chi connectivity index (χ2v) is 5.47. The number of aliphatic carboxylic acids is 1. The van der Waals surface area contributed by atoms with Crippen LogP contribution in [0.5, 0.6) is 0 Å². The van der Waals surface area contributed by atoms with Crippen LogP contribution in [0, 0.1) is 5.92 Å². The maximum absolute atomic E-state index is 12.0. The summed E-state index contributed by atoms with van der Waals surface area (Å²) in [4.78, 5) is 24.4. The van der Waals surface area contributed by atoms with E-state index in [1.807, 2.05) is 6.92 Å². The Morgan fingerprint density at radius 3 is 2.50 bits per heavy atom. The Balaban J connectivity index is 2.79. The van der Waals surface area contributed by atoms with E-state index in [4.69, 9.17) is 9.84 Å². The van der Waals surface area contributed by atoms with Gasteiger partial charge in [0.2, 0.25) is 0 Å². The number of rotatable bonds is 2. The second-order valence-electron chi connectivity index (χ2n) is 5.47. The molecule has 0 aromatic carbocycles. The summed E-state index contributed by atoms with van der Waals surface area (Å²) in [7, 11) is 0. The second kappa shape index (κ2) is 5.42. The number of hydrogen-bond donors (Lipinski definition) is 1. The van der Waals surface area contributed by atoms with Gasteiger partial charge in [0.05, 0.1) is 5.92 Å². The van der Waals surface area contributed by atoms with Crippen molar-refractivity contribution in [2.75, 3.05) is 0 Å². The molecule has 5 heteroatoms. The van der Waals surface area contributed by atoms with Crippen LogP contribution in [0.15, 0.2) is 12.3 Å². The molecule has 0 saturated heterocycles. The highest BCUT2D eigenvalue weighted by Gasteiger charge is 2.32. The SMILES string of the molecule is CCC1CC(C(=O)O)C=CN1C(=O)OC(C)(C)C. The summed E-state index contributed by atoms with van der Waals surface area (Å²) in [6.07, 6.45) is 3.78. The van der Waals surface area contributed by atoms with Crippen molar-refractivity contribution in [2.24, 2.45) is 5.92 Å². The van der Waals surface area contributed by atoms with Crippen LogP contribution < -0.4 is 0 Å². The Morgan fingerprint density at radius 1 is 1.44 bits per heavy atom. The van der Waals surface area contributed by atoms with Crippen molar-refractivity contribution in [3.8, 4) is 0 Å². The standard InChI is InChI=1S/C13H21NO4/c1-5-10-8-9(11(15)16)6-7-14(10)12(17)18-13(2,3)4/h6-7,9-10H,5,8H2,1-4H3,(H,15,16). The minimum absolute atomic E-state index is 0.119. The molecule has 0 aromatic heterocycles. The number of amides is 1. The summed E-state index contributed by atoms with van der Waals surface area (Å²) in [5, 5.41) is 8.98. The van der Waals surface area contributed by atoms with E-state index in [0.717, 1.165) is 0 Å². The molecule has 0 fully saturated rings. The lowest BCUT2D eigenvalue weighted by molar-refractivity contribution is -0.141. The monoisotopic (exact) mass is 255 g/mol. The van der Waals surface area contributed by atoms with Gasteiger partial charge in [0.25, 0.3) is 0 Å². The van der Waals surface area contributed by atoms with Crippen molar-refractivity contribution in [3.63, 3.8) is 0 Å². The average molecular weight is 255 g/mol. The third-order valence-corrected chi connectivity index (χ3v) is 2.79. The molecule has 0 spiro atoms. The quantitative estimate of drug-likeness (QED) is 0.823. The lowest BCUT2D eigenvalue weighted by atomic mass is 9.94. The normalized spacial score (nSPS) is 23.9. The molecule has 18 heavy (non-hydrogen) atoms. The fourth-order valence-electron chi connectivity index (χ4n) is 1.87. The first kappa shape index (κ1) is 14.5. The van der Waals surface area contributed by atoms with Crippen LogP contribution in [0.1, 0.15) is 40.5 Å². The molecule has 1 N–H and O–H groups in total. The van der Waals surface area contributed by atoms with Crippen LogP contribution >= 0.6 is 0 Å². The minimum atomic E-state index is -0.853. The van der Waals surface area contributed by atoms with Crippen LogP contribution in [0.3, 0.4) is 0 Å². The molecule has 0 saturated carbocycles. The summed E-state index contributed by atoms with van der Waals surface area (Å²) in [5.41, 5.74) is -0.549. The van der Waals surface area contributed by atoms with Gasteiger partial charge in [0, 0.05) is 12.2 Å². The Labute approximate surface area is 107 Å². The molecule has 0 radical (unpaired) electrons. The highest BCUT2D eigenvalue weighted by molar-refractivity contribution is 5.74. The predicted molar refractivity (Wildman–Crippen MR) is 67.0 cm³/mol. The van der Waals surface area contributed by atoms with Gasteiger partial charge >= 0.3 is 12.1 Å². The van der Waals surface area contributed by atoms with Crippen LogP contribution in [0.4, 0.5) is 4.79 Å². The number of ether oxygens (including phenoxy) is 1. The van der Waals surface area contributed by atoms with Crippen molar-refractivity contribution in [1.29, 1.82) is 0 Å².